The number of methoxy groups -OCH3 is 1. The van der Waals surface area contributed by atoms with Gasteiger partial charge in [-0.2, -0.15) is 0 Å². The van der Waals surface area contributed by atoms with Crippen molar-refractivity contribution in [3.05, 3.63) is 30.4 Å². The Balaban J connectivity index is 2.41. The quantitative estimate of drug-likeness (QED) is 0.708. The van der Waals surface area contributed by atoms with Crippen molar-refractivity contribution in [3.63, 3.8) is 0 Å². The number of nitrogens with zero attached hydrogens (tertiary/aromatic N) is 1. The lowest BCUT2D eigenvalue weighted by molar-refractivity contribution is 0.278. The molecule has 140 valence electrons. The van der Waals surface area contributed by atoms with E-state index < -0.39 is 10.0 Å². The lowest BCUT2D eigenvalue weighted by atomic mass is 9.89. The fraction of sp³-hybridized carbons (Fsp3) is 0.579. The second-order valence-corrected chi connectivity index (χ2v) is 9.27. The molecule has 0 N–H and O–H groups in total. The molecule has 0 atom stereocenters. The summed E-state index contributed by atoms with van der Waals surface area (Å²) in [6, 6.07) is 4.88. The minimum Gasteiger partial charge on any atom is -0.497 e. The molecule has 5 nitrogen and oxygen atoms in total. The van der Waals surface area contributed by atoms with Gasteiger partial charge < -0.3 is 9.47 Å². The molecule has 0 saturated carbocycles. The van der Waals surface area contributed by atoms with E-state index in [-0.39, 0.29) is 10.3 Å². The van der Waals surface area contributed by atoms with E-state index in [0.29, 0.717) is 24.7 Å². The lowest BCUT2D eigenvalue weighted by Crippen LogP contribution is -2.36. The van der Waals surface area contributed by atoms with Crippen LogP contribution in [0.1, 0.15) is 39.5 Å². The summed E-state index contributed by atoms with van der Waals surface area (Å²) in [7, 11) is -0.455. The molecule has 1 heterocycles. The Morgan fingerprint density at radius 1 is 1.20 bits per heavy atom. The minimum absolute atomic E-state index is 0.143. The van der Waals surface area contributed by atoms with E-state index in [1.165, 1.54) is 4.31 Å². The summed E-state index contributed by atoms with van der Waals surface area (Å²) in [5, 5.41) is 0. The van der Waals surface area contributed by atoms with Gasteiger partial charge in [0.25, 0.3) is 0 Å². The average Bonchev–Trinajstić information content (AvgIpc) is 2.55. The van der Waals surface area contributed by atoms with Crippen molar-refractivity contribution < 1.29 is 17.9 Å². The van der Waals surface area contributed by atoms with Crippen LogP contribution in [0.2, 0.25) is 0 Å². The van der Waals surface area contributed by atoms with Crippen molar-refractivity contribution in [1.29, 1.82) is 0 Å². The normalized spacial score (nSPS) is 22.9. The van der Waals surface area contributed by atoms with E-state index in [4.69, 9.17) is 9.47 Å². The van der Waals surface area contributed by atoms with Gasteiger partial charge in [-0.1, -0.05) is 26.0 Å². The van der Waals surface area contributed by atoms with Crippen molar-refractivity contribution >= 4 is 10.0 Å². The van der Waals surface area contributed by atoms with Gasteiger partial charge in [0.05, 0.1) is 13.7 Å². The molecule has 0 aliphatic carbocycles. The summed E-state index contributed by atoms with van der Waals surface area (Å²) in [6.45, 7) is 5.09. The summed E-state index contributed by atoms with van der Waals surface area (Å²) in [5.41, 5.74) is -0.143. The molecule has 0 aromatic heterocycles. The minimum atomic E-state index is -3.64. The number of allylic oxidation sites excluding steroid dienone is 2. The van der Waals surface area contributed by atoms with Gasteiger partial charge in [-0.15, -0.1) is 0 Å². The molecule has 1 aliphatic heterocycles. The SMILES string of the molecule is COc1ccc2c(c1)OCCCC/C=C\CC(C)(C)CN(C)S2(=O)=O. The van der Waals surface area contributed by atoms with Crippen LogP contribution in [0.4, 0.5) is 0 Å². The fourth-order valence-electron chi connectivity index (χ4n) is 2.93. The van der Waals surface area contributed by atoms with Gasteiger partial charge >= 0.3 is 0 Å². The van der Waals surface area contributed by atoms with Gasteiger partial charge in [-0.3, -0.25) is 0 Å². The number of benzene rings is 1. The number of sulfonamides is 1. The van der Waals surface area contributed by atoms with Crippen LogP contribution in [0.5, 0.6) is 11.5 Å². The Hall–Kier alpha value is -1.53. The highest BCUT2D eigenvalue weighted by Gasteiger charge is 2.30. The monoisotopic (exact) mass is 367 g/mol. The highest BCUT2D eigenvalue weighted by atomic mass is 32.2. The summed E-state index contributed by atoms with van der Waals surface area (Å²) in [4.78, 5) is 0.194. The molecule has 1 aromatic rings. The third kappa shape index (κ3) is 5.22. The van der Waals surface area contributed by atoms with Crippen LogP contribution in [-0.2, 0) is 10.0 Å². The summed E-state index contributed by atoms with van der Waals surface area (Å²) in [6.07, 6.45) is 8.09. The zero-order valence-electron chi connectivity index (χ0n) is 15.6. The summed E-state index contributed by atoms with van der Waals surface area (Å²) in [5.74, 6) is 0.942. The zero-order chi connectivity index (χ0) is 18.5. The molecule has 0 bridgehead atoms. The second kappa shape index (κ2) is 8.23. The van der Waals surface area contributed by atoms with Crippen molar-refractivity contribution in [2.45, 2.75) is 44.4 Å². The van der Waals surface area contributed by atoms with Crippen molar-refractivity contribution in [2.75, 3.05) is 27.3 Å². The van der Waals surface area contributed by atoms with Crippen molar-refractivity contribution in [3.8, 4) is 11.5 Å². The number of hydrogen-bond acceptors (Lipinski definition) is 4. The second-order valence-electron chi connectivity index (χ2n) is 7.26. The maximum atomic E-state index is 13.1. The molecule has 25 heavy (non-hydrogen) atoms. The molecule has 1 aliphatic rings. The summed E-state index contributed by atoms with van der Waals surface area (Å²) >= 11 is 0. The molecule has 0 fully saturated rings. The number of hydrogen-bond donors (Lipinski definition) is 0. The first-order chi connectivity index (χ1) is 11.8. The van der Waals surface area contributed by atoms with E-state index in [2.05, 4.69) is 26.0 Å². The van der Waals surface area contributed by atoms with Crippen LogP contribution in [0.3, 0.4) is 0 Å². The maximum Gasteiger partial charge on any atom is 0.246 e. The predicted molar refractivity (Wildman–Crippen MR) is 99.7 cm³/mol. The third-order valence-electron chi connectivity index (χ3n) is 4.35. The highest BCUT2D eigenvalue weighted by molar-refractivity contribution is 7.89. The Morgan fingerprint density at radius 3 is 2.68 bits per heavy atom. The molecule has 0 radical (unpaired) electrons. The lowest BCUT2D eigenvalue weighted by Gasteiger charge is -2.29. The Bertz CT molecular complexity index is 710. The van der Waals surface area contributed by atoms with Crippen LogP contribution in [0, 0.1) is 5.41 Å². The van der Waals surface area contributed by atoms with E-state index in [0.717, 1.165) is 25.7 Å². The first-order valence-electron chi connectivity index (χ1n) is 8.68. The summed E-state index contributed by atoms with van der Waals surface area (Å²) < 4.78 is 38.6. The van der Waals surface area contributed by atoms with Crippen LogP contribution < -0.4 is 9.47 Å². The van der Waals surface area contributed by atoms with Crippen LogP contribution in [0.25, 0.3) is 0 Å². The van der Waals surface area contributed by atoms with Gasteiger partial charge in [0, 0.05) is 19.7 Å². The van der Waals surface area contributed by atoms with E-state index in [1.807, 2.05) is 0 Å². The number of ether oxygens (including phenoxy) is 2. The topological polar surface area (TPSA) is 55.8 Å². The fourth-order valence-corrected chi connectivity index (χ4v) is 4.40. The van der Waals surface area contributed by atoms with Gasteiger partial charge in [0.15, 0.2) is 0 Å². The molecule has 0 saturated heterocycles. The van der Waals surface area contributed by atoms with Gasteiger partial charge in [-0.25, -0.2) is 12.7 Å². The smallest absolute Gasteiger partial charge is 0.246 e. The molecule has 0 amide bonds. The number of rotatable bonds is 1. The Labute approximate surface area is 151 Å². The van der Waals surface area contributed by atoms with E-state index in [1.54, 1.807) is 32.4 Å². The van der Waals surface area contributed by atoms with Crippen LogP contribution in [0.15, 0.2) is 35.2 Å². The predicted octanol–water partition coefficient (Wildman–Crippen LogP) is 3.85. The standard InChI is InChI=1S/C19H29NO4S/c1-19(2)12-8-6-5-7-9-13-24-17-14-16(23-4)10-11-18(17)25(21,22)20(3)15-19/h6,8,10-11,14H,5,7,9,12-13,15H2,1-4H3/b8-6-. The molecule has 2 rings (SSSR count). The molecule has 0 spiro atoms. The molecular weight excluding hydrogens is 338 g/mol. The van der Waals surface area contributed by atoms with E-state index in [9.17, 15) is 8.42 Å². The molecule has 0 unspecified atom stereocenters. The van der Waals surface area contributed by atoms with Gasteiger partial charge in [0.2, 0.25) is 10.0 Å². The Kier molecular flexibility index (Phi) is 6.52. The van der Waals surface area contributed by atoms with E-state index >= 15 is 0 Å². The highest BCUT2D eigenvalue weighted by Crippen LogP contribution is 2.33. The maximum absolute atomic E-state index is 13.1. The van der Waals surface area contributed by atoms with Gasteiger partial charge in [-0.05, 0) is 43.2 Å². The van der Waals surface area contributed by atoms with Crippen molar-refractivity contribution in [1.82, 2.24) is 4.31 Å². The first kappa shape index (κ1) is 19.8. The molecule has 1 aromatic carbocycles. The van der Waals surface area contributed by atoms with Crippen LogP contribution >= 0.6 is 0 Å². The molecular formula is C19H29NO4S. The first-order valence-corrected chi connectivity index (χ1v) is 10.1. The zero-order valence-corrected chi connectivity index (χ0v) is 16.4. The number of fused-ring (bicyclic) bond motifs is 1. The Morgan fingerprint density at radius 2 is 1.96 bits per heavy atom. The van der Waals surface area contributed by atoms with Gasteiger partial charge in [0.1, 0.15) is 16.4 Å². The van der Waals surface area contributed by atoms with Crippen LogP contribution in [-0.4, -0.2) is 40.0 Å². The third-order valence-corrected chi connectivity index (χ3v) is 6.19. The average molecular weight is 368 g/mol. The largest absolute Gasteiger partial charge is 0.497 e. The molecule has 6 heteroatoms. The van der Waals surface area contributed by atoms with Crippen molar-refractivity contribution in [2.24, 2.45) is 5.41 Å².